The van der Waals surface area contributed by atoms with E-state index in [1.807, 2.05) is 18.2 Å². The molecule has 156 valence electrons. The number of rotatable bonds is 6. The Hall–Kier alpha value is -2.04. The van der Waals surface area contributed by atoms with Crippen molar-refractivity contribution in [3.05, 3.63) is 106 Å². The van der Waals surface area contributed by atoms with E-state index in [4.69, 9.17) is 0 Å². The zero-order chi connectivity index (χ0) is 21.3. The predicted molar refractivity (Wildman–Crippen MR) is 122 cm³/mol. The summed E-state index contributed by atoms with van der Waals surface area (Å²) in [4.78, 5) is 2.39. The molecule has 1 atom stereocenters. The molecular formula is C26H26BrF2N. The number of alkyl halides is 1. The molecular weight excluding hydrogens is 444 g/mol. The molecule has 0 bridgehead atoms. The van der Waals surface area contributed by atoms with Gasteiger partial charge in [0.05, 0.1) is 6.04 Å². The second kappa shape index (κ2) is 8.60. The lowest BCUT2D eigenvalue weighted by molar-refractivity contribution is 0.00811. The van der Waals surface area contributed by atoms with Crippen molar-refractivity contribution >= 4 is 15.9 Å². The fraction of sp³-hybridized carbons (Fsp3) is 0.308. The molecule has 30 heavy (non-hydrogen) atoms. The van der Waals surface area contributed by atoms with Crippen LogP contribution in [-0.4, -0.2) is 23.7 Å². The fourth-order valence-corrected chi connectivity index (χ4v) is 5.32. The zero-order valence-corrected chi connectivity index (χ0v) is 18.8. The number of likely N-dealkylation sites (tertiary alicyclic amines) is 1. The SMILES string of the molecule is CC(C)(F)[C@H](c1cc(F)cc(Br)c1)C1CN(C(c2ccccc2)c2ccccc2)C1. The molecule has 4 rings (SSSR count). The van der Waals surface area contributed by atoms with Crippen LogP contribution < -0.4 is 0 Å². The molecule has 0 radical (unpaired) electrons. The maximum Gasteiger partial charge on any atom is 0.124 e. The van der Waals surface area contributed by atoms with Crippen molar-refractivity contribution in [3.63, 3.8) is 0 Å². The van der Waals surface area contributed by atoms with Crippen molar-refractivity contribution in [3.8, 4) is 0 Å². The van der Waals surface area contributed by atoms with Crippen molar-refractivity contribution in [2.45, 2.75) is 31.5 Å². The number of hydrogen-bond acceptors (Lipinski definition) is 1. The molecule has 1 heterocycles. The number of nitrogens with zero attached hydrogens (tertiary/aromatic N) is 1. The van der Waals surface area contributed by atoms with Gasteiger partial charge in [0.25, 0.3) is 0 Å². The van der Waals surface area contributed by atoms with Crippen LogP contribution in [0.5, 0.6) is 0 Å². The van der Waals surface area contributed by atoms with Gasteiger partial charge in [-0.2, -0.15) is 0 Å². The third-order valence-electron chi connectivity index (χ3n) is 5.99. The van der Waals surface area contributed by atoms with Gasteiger partial charge in [0.15, 0.2) is 0 Å². The van der Waals surface area contributed by atoms with Crippen LogP contribution in [0, 0.1) is 11.7 Å². The van der Waals surface area contributed by atoms with Gasteiger partial charge < -0.3 is 0 Å². The lowest BCUT2D eigenvalue weighted by Gasteiger charge is -2.50. The van der Waals surface area contributed by atoms with Crippen LogP contribution in [0.15, 0.2) is 83.3 Å². The summed E-state index contributed by atoms with van der Waals surface area (Å²) < 4.78 is 30.0. The van der Waals surface area contributed by atoms with Crippen molar-refractivity contribution < 1.29 is 8.78 Å². The molecule has 3 aromatic carbocycles. The van der Waals surface area contributed by atoms with E-state index in [2.05, 4.69) is 69.4 Å². The average Bonchev–Trinajstić information content (AvgIpc) is 2.66. The van der Waals surface area contributed by atoms with E-state index in [-0.39, 0.29) is 23.7 Å². The Balaban J connectivity index is 1.61. The third-order valence-corrected chi connectivity index (χ3v) is 6.45. The summed E-state index contributed by atoms with van der Waals surface area (Å²) >= 11 is 3.36. The molecule has 0 saturated carbocycles. The molecule has 0 aromatic heterocycles. The summed E-state index contributed by atoms with van der Waals surface area (Å²) in [5.74, 6) is -0.585. The Labute approximate surface area is 185 Å². The minimum atomic E-state index is -1.45. The van der Waals surface area contributed by atoms with Gasteiger partial charge in [-0.15, -0.1) is 0 Å². The molecule has 1 aliphatic rings. The van der Waals surface area contributed by atoms with Crippen molar-refractivity contribution in [2.24, 2.45) is 5.92 Å². The zero-order valence-electron chi connectivity index (χ0n) is 17.2. The van der Waals surface area contributed by atoms with Gasteiger partial charge in [0.1, 0.15) is 11.5 Å². The van der Waals surface area contributed by atoms with Crippen LogP contribution in [0.25, 0.3) is 0 Å². The molecule has 4 heteroatoms. The lowest BCUT2D eigenvalue weighted by Crippen LogP contribution is -2.53. The Morgan fingerprint density at radius 1 is 0.867 bits per heavy atom. The first kappa shape index (κ1) is 21.2. The van der Waals surface area contributed by atoms with Crippen molar-refractivity contribution in [2.75, 3.05) is 13.1 Å². The van der Waals surface area contributed by atoms with Crippen LogP contribution in [0.2, 0.25) is 0 Å². The van der Waals surface area contributed by atoms with E-state index in [9.17, 15) is 4.39 Å². The molecule has 0 amide bonds. The van der Waals surface area contributed by atoms with E-state index in [1.165, 1.54) is 23.3 Å². The van der Waals surface area contributed by atoms with Gasteiger partial charge in [-0.25, -0.2) is 8.78 Å². The number of hydrogen-bond donors (Lipinski definition) is 0. The molecule has 0 spiro atoms. The van der Waals surface area contributed by atoms with Crippen molar-refractivity contribution in [1.82, 2.24) is 4.90 Å². The standard InChI is InChI=1S/C26H26BrF2N/c1-26(2,29)24(20-13-22(27)15-23(28)14-20)21-16-30(17-21)25(18-9-5-3-6-10-18)19-11-7-4-8-12-19/h3-15,21,24-25H,16-17H2,1-2H3/t24-/m1/s1. The summed E-state index contributed by atoms with van der Waals surface area (Å²) in [5.41, 5.74) is 1.73. The summed E-state index contributed by atoms with van der Waals surface area (Å²) in [6.45, 7) is 4.73. The van der Waals surface area contributed by atoms with Gasteiger partial charge in [0.2, 0.25) is 0 Å². The predicted octanol–water partition coefficient (Wildman–Crippen LogP) is 7.14. The molecule has 3 aromatic rings. The fourth-order valence-electron chi connectivity index (χ4n) is 4.84. The smallest absolute Gasteiger partial charge is 0.124 e. The highest BCUT2D eigenvalue weighted by atomic mass is 79.9. The Morgan fingerprint density at radius 2 is 1.40 bits per heavy atom. The molecule has 1 aliphatic heterocycles. The maximum absolute atomic E-state index is 15.3. The van der Waals surface area contributed by atoms with Crippen LogP contribution in [-0.2, 0) is 0 Å². The second-order valence-corrected chi connectivity index (χ2v) is 9.60. The third kappa shape index (κ3) is 4.50. The Kier molecular flexibility index (Phi) is 6.08. The summed E-state index contributed by atoms with van der Waals surface area (Å²) in [6.07, 6.45) is 0. The minimum absolute atomic E-state index is 0.119. The van der Waals surface area contributed by atoms with Crippen LogP contribution in [0.1, 0.15) is 42.5 Å². The summed E-state index contributed by atoms with van der Waals surface area (Å²) in [6, 6.07) is 25.7. The molecule has 0 aliphatic carbocycles. The van der Waals surface area contributed by atoms with Gasteiger partial charge in [-0.1, -0.05) is 76.6 Å². The van der Waals surface area contributed by atoms with Gasteiger partial charge >= 0.3 is 0 Å². The first-order chi connectivity index (χ1) is 14.3. The van der Waals surface area contributed by atoms with Crippen LogP contribution in [0.4, 0.5) is 8.78 Å². The largest absolute Gasteiger partial charge is 0.292 e. The van der Waals surface area contributed by atoms with Gasteiger partial charge in [0, 0.05) is 23.5 Å². The molecule has 0 N–H and O–H groups in total. The number of halogens is 3. The quantitative estimate of drug-likeness (QED) is 0.370. The second-order valence-electron chi connectivity index (χ2n) is 8.68. The van der Waals surface area contributed by atoms with E-state index >= 15 is 4.39 Å². The highest BCUT2D eigenvalue weighted by Gasteiger charge is 2.45. The van der Waals surface area contributed by atoms with Crippen LogP contribution in [0.3, 0.4) is 0 Å². The monoisotopic (exact) mass is 469 g/mol. The lowest BCUT2D eigenvalue weighted by atomic mass is 9.72. The minimum Gasteiger partial charge on any atom is -0.292 e. The maximum atomic E-state index is 15.3. The summed E-state index contributed by atoms with van der Waals surface area (Å²) in [5, 5.41) is 0. The first-order valence-corrected chi connectivity index (χ1v) is 11.1. The topological polar surface area (TPSA) is 3.24 Å². The number of benzene rings is 3. The van der Waals surface area contributed by atoms with E-state index in [0.717, 1.165) is 18.7 Å². The van der Waals surface area contributed by atoms with Crippen molar-refractivity contribution in [1.29, 1.82) is 0 Å². The van der Waals surface area contributed by atoms with Crippen LogP contribution >= 0.6 is 15.9 Å². The van der Waals surface area contributed by atoms with E-state index in [0.29, 0.717) is 4.47 Å². The normalized spacial score (nSPS) is 16.5. The molecule has 1 fully saturated rings. The highest BCUT2D eigenvalue weighted by Crippen LogP contribution is 2.45. The molecule has 0 unspecified atom stereocenters. The van der Waals surface area contributed by atoms with Gasteiger partial charge in [-0.05, 0) is 54.7 Å². The Morgan fingerprint density at radius 3 is 1.87 bits per heavy atom. The molecule has 1 saturated heterocycles. The highest BCUT2D eigenvalue weighted by molar-refractivity contribution is 9.10. The van der Waals surface area contributed by atoms with E-state index in [1.54, 1.807) is 13.8 Å². The average molecular weight is 470 g/mol. The molecule has 1 nitrogen and oxygen atoms in total. The Bertz CT molecular complexity index is 919. The summed E-state index contributed by atoms with van der Waals surface area (Å²) in [7, 11) is 0. The first-order valence-electron chi connectivity index (χ1n) is 10.3. The van der Waals surface area contributed by atoms with E-state index < -0.39 is 5.67 Å². The van der Waals surface area contributed by atoms with Gasteiger partial charge in [-0.3, -0.25) is 4.90 Å².